The molecule has 2 aromatic heterocycles. The van der Waals surface area contributed by atoms with Crippen LogP contribution in [0.5, 0.6) is 0 Å². The van der Waals surface area contributed by atoms with Crippen LogP contribution in [0.15, 0.2) is 65.3 Å². The topological polar surface area (TPSA) is 46.3 Å². The molecule has 1 aliphatic heterocycles. The molecule has 0 amide bonds. The smallest absolute Gasteiger partial charge is 0.263 e. The third-order valence-corrected chi connectivity index (χ3v) is 6.28. The molecule has 1 aliphatic rings. The highest BCUT2D eigenvalue weighted by atomic mass is 19.3. The van der Waals surface area contributed by atoms with Crippen LogP contribution in [-0.4, -0.2) is 34.7 Å². The molecule has 32 heavy (non-hydrogen) atoms. The van der Waals surface area contributed by atoms with Gasteiger partial charge in [-0.2, -0.15) is 0 Å². The Balaban J connectivity index is 1.42. The number of likely N-dealkylation sites (tertiary alicyclic amines) is 1. The third kappa shape index (κ3) is 4.02. The Bertz CT molecular complexity index is 1260. The van der Waals surface area contributed by atoms with Gasteiger partial charge in [-0.25, -0.2) is 8.78 Å². The van der Waals surface area contributed by atoms with Gasteiger partial charge in [-0.05, 0) is 49.0 Å². The summed E-state index contributed by atoms with van der Waals surface area (Å²) in [6, 6.07) is 15.8. The van der Waals surface area contributed by atoms with E-state index in [0.29, 0.717) is 19.5 Å². The summed E-state index contributed by atoms with van der Waals surface area (Å²) < 4.78 is 35.3. The number of nitrogens with zero attached hydrogens (tertiary/aromatic N) is 2. The summed E-state index contributed by atoms with van der Waals surface area (Å²) in [5.74, 6) is -3.16. The zero-order valence-corrected chi connectivity index (χ0v) is 17.9. The summed E-state index contributed by atoms with van der Waals surface area (Å²) in [6.07, 6.45) is 3.86. The van der Waals surface area contributed by atoms with Crippen LogP contribution >= 0.6 is 0 Å². The number of piperidine rings is 1. The first-order valence-electron chi connectivity index (χ1n) is 10.8. The van der Waals surface area contributed by atoms with E-state index < -0.39 is 11.8 Å². The molecule has 4 aromatic rings. The molecule has 1 fully saturated rings. The Kier molecular flexibility index (Phi) is 5.25. The molecule has 6 heteroatoms. The number of hydrogen-bond acceptors (Lipinski definition) is 4. The molecule has 0 bridgehead atoms. The SMILES string of the molecule is CC(=O)CC1CCN(Cc2ccc3cncc(-c4cc5ccccc5o4)c3c2)CC1(F)F. The Morgan fingerprint density at radius 1 is 1.16 bits per heavy atom. The second-order valence-electron chi connectivity index (χ2n) is 8.75. The van der Waals surface area contributed by atoms with Crippen molar-refractivity contribution in [1.29, 1.82) is 0 Å². The minimum atomic E-state index is -2.86. The fourth-order valence-corrected chi connectivity index (χ4v) is 4.67. The number of carbonyl (C=O) groups is 1. The van der Waals surface area contributed by atoms with Crippen molar-refractivity contribution in [2.45, 2.75) is 32.2 Å². The van der Waals surface area contributed by atoms with E-state index in [-0.39, 0.29) is 18.7 Å². The number of alkyl halides is 2. The predicted molar refractivity (Wildman–Crippen MR) is 121 cm³/mol. The van der Waals surface area contributed by atoms with Gasteiger partial charge in [0.1, 0.15) is 17.1 Å². The quantitative estimate of drug-likeness (QED) is 0.382. The molecular formula is C26H24F2N2O2. The van der Waals surface area contributed by atoms with Crippen LogP contribution in [0.2, 0.25) is 0 Å². The van der Waals surface area contributed by atoms with Crippen molar-refractivity contribution in [2.75, 3.05) is 13.1 Å². The molecule has 1 unspecified atom stereocenters. The van der Waals surface area contributed by atoms with Crippen LogP contribution in [0.1, 0.15) is 25.3 Å². The predicted octanol–water partition coefficient (Wildman–Crippen LogP) is 6.08. The average molecular weight is 434 g/mol. The zero-order chi connectivity index (χ0) is 22.3. The maximum absolute atomic E-state index is 14.6. The number of ketones is 1. The molecule has 0 spiro atoms. The number of rotatable bonds is 5. The number of hydrogen-bond donors (Lipinski definition) is 0. The Hall–Kier alpha value is -3.12. The van der Waals surface area contributed by atoms with Crippen molar-refractivity contribution >= 4 is 27.5 Å². The highest BCUT2D eigenvalue weighted by molar-refractivity contribution is 5.97. The van der Waals surface area contributed by atoms with Crippen LogP contribution in [0.4, 0.5) is 8.78 Å². The lowest BCUT2D eigenvalue weighted by Crippen LogP contribution is -2.48. The fraction of sp³-hybridized carbons (Fsp3) is 0.308. The van der Waals surface area contributed by atoms with Crippen LogP contribution in [0.3, 0.4) is 0 Å². The molecule has 2 aromatic carbocycles. The Labute approximate surface area is 184 Å². The highest BCUT2D eigenvalue weighted by Crippen LogP contribution is 2.37. The molecule has 0 aliphatic carbocycles. The van der Waals surface area contributed by atoms with E-state index in [1.165, 1.54) is 6.92 Å². The number of carbonyl (C=O) groups excluding carboxylic acids is 1. The normalized spacial score (nSPS) is 18.9. The Morgan fingerprint density at radius 2 is 2.00 bits per heavy atom. The minimum Gasteiger partial charge on any atom is -0.456 e. The highest BCUT2D eigenvalue weighted by Gasteiger charge is 2.44. The van der Waals surface area contributed by atoms with Crippen LogP contribution in [0, 0.1) is 5.92 Å². The molecule has 5 rings (SSSR count). The first kappa shape index (κ1) is 20.8. The van der Waals surface area contributed by atoms with Crippen molar-refractivity contribution in [1.82, 2.24) is 9.88 Å². The number of Topliss-reactive ketones (excluding diaryl/α,β-unsaturated/α-hetero) is 1. The summed E-state index contributed by atoms with van der Waals surface area (Å²) >= 11 is 0. The van der Waals surface area contributed by atoms with Gasteiger partial charge in [-0.1, -0.05) is 30.3 Å². The van der Waals surface area contributed by atoms with E-state index in [0.717, 1.165) is 38.6 Å². The van der Waals surface area contributed by atoms with Crippen molar-refractivity contribution in [2.24, 2.45) is 5.92 Å². The van der Waals surface area contributed by atoms with E-state index in [1.807, 2.05) is 48.5 Å². The third-order valence-electron chi connectivity index (χ3n) is 6.28. The molecule has 4 nitrogen and oxygen atoms in total. The maximum Gasteiger partial charge on any atom is 0.263 e. The van der Waals surface area contributed by atoms with E-state index in [1.54, 1.807) is 17.3 Å². The van der Waals surface area contributed by atoms with Gasteiger partial charge in [0.25, 0.3) is 5.92 Å². The number of fused-ring (bicyclic) bond motifs is 2. The van der Waals surface area contributed by atoms with E-state index in [2.05, 4.69) is 4.98 Å². The van der Waals surface area contributed by atoms with Gasteiger partial charge in [0.2, 0.25) is 0 Å². The van der Waals surface area contributed by atoms with Gasteiger partial charge in [-0.15, -0.1) is 0 Å². The number of para-hydroxylation sites is 1. The molecule has 1 atom stereocenters. The lowest BCUT2D eigenvalue weighted by Gasteiger charge is -2.38. The summed E-state index contributed by atoms with van der Waals surface area (Å²) in [6.45, 7) is 2.04. The molecule has 164 valence electrons. The van der Waals surface area contributed by atoms with Gasteiger partial charge in [0.15, 0.2) is 0 Å². The number of halogens is 2. The van der Waals surface area contributed by atoms with E-state index >= 15 is 0 Å². The van der Waals surface area contributed by atoms with Crippen molar-refractivity contribution in [3.05, 3.63) is 66.5 Å². The summed E-state index contributed by atoms with van der Waals surface area (Å²) in [7, 11) is 0. The largest absolute Gasteiger partial charge is 0.456 e. The average Bonchev–Trinajstić information content (AvgIpc) is 3.19. The van der Waals surface area contributed by atoms with Crippen molar-refractivity contribution in [3.8, 4) is 11.3 Å². The van der Waals surface area contributed by atoms with Gasteiger partial charge < -0.3 is 9.21 Å². The molecular weight excluding hydrogens is 410 g/mol. The number of pyridine rings is 1. The molecule has 1 saturated heterocycles. The number of benzene rings is 2. The zero-order valence-electron chi connectivity index (χ0n) is 17.9. The van der Waals surface area contributed by atoms with Crippen molar-refractivity contribution < 1.29 is 18.0 Å². The van der Waals surface area contributed by atoms with Crippen LogP contribution in [-0.2, 0) is 11.3 Å². The number of aromatic nitrogens is 1. The first-order valence-corrected chi connectivity index (χ1v) is 10.8. The Morgan fingerprint density at radius 3 is 2.78 bits per heavy atom. The fourth-order valence-electron chi connectivity index (χ4n) is 4.67. The second kappa shape index (κ2) is 8.10. The first-order chi connectivity index (χ1) is 15.4. The minimum absolute atomic E-state index is 0.0509. The standard InChI is InChI=1S/C26H24F2N2O2/c1-17(31)10-21-8-9-30(16-26(21,27)28)15-18-6-7-20-13-29-14-23(22(20)11-18)25-12-19-4-2-3-5-24(19)32-25/h2-7,11-14,21H,8-10,15-16H2,1H3. The van der Waals surface area contributed by atoms with Gasteiger partial charge in [0, 0.05) is 47.6 Å². The van der Waals surface area contributed by atoms with Gasteiger partial charge >= 0.3 is 0 Å². The summed E-state index contributed by atoms with van der Waals surface area (Å²) in [5, 5.41) is 2.97. The van der Waals surface area contributed by atoms with E-state index in [4.69, 9.17) is 4.42 Å². The van der Waals surface area contributed by atoms with Gasteiger partial charge in [0.05, 0.1) is 6.54 Å². The molecule has 0 radical (unpaired) electrons. The van der Waals surface area contributed by atoms with Gasteiger partial charge in [-0.3, -0.25) is 9.88 Å². The lowest BCUT2D eigenvalue weighted by molar-refractivity contribution is -0.134. The van der Waals surface area contributed by atoms with Crippen molar-refractivity contribution in [3.63, 3.8) is 0 Å². The molecule has 0 N–H and O–H groups in total. The maximum atomic E-state index is 14.6. The van der Waals surface area contributed by atoms with Crippen LogP contribution in [0.25, 0.3) is 33.1 Å². The lowest BCUT2D eigenvalue weighted by atomic mass is 9.88. The monoisotopic (exact) mass is 434 g/mol. The summed E-state index contributed by atoms with van der Waals surface area (Å²) in [4.78, 5) is 17.5. The summed E-state index contributed by atoms with van der Waals surface area (Å²) in [5.41, 5.74) is 2.65. The molecule has 3 heterocycles. The molecule has 0 saturated carbocycles. The van der Waals surface area contributed by atoms with Crippen LogP contribution < -0.4 is 0 Å². The second-order valence-corrected chi connectivity index (χ2v) is 8.75. The van der Waals surface area contributed by atoms with E-state index in [9.17, 15) is 13.6 Å². The number of furan rings is 1.